The van der Waals surface area contributed by atoms with Crippen LogP contribution in [-0.4, -0.2) is 47.0 Å². The zero-order valence-electron chi connectivity index (χ0n) is 14.7. The summed E-state index contributed by atoms with van der Waals surface area (Å²) in [6, 6.07) is 10.3. The van der Waals surface area contributed by atoms with Gasteiger partial charge in [-0.15, -0.1) is 0 Å². The zero-order valence-corrected chi connectivity index (χ0v) is 16.9. The van der Waals surface area contributed by atoms with Gasteiger partial charge in [0.25, 0.3) is 11.9 Å². The molecule has 26 heavy (non-hydrogen) atoms. The molecule has 2 aromatic heterocycles. The van der Waals surface area contributed by atoms with Gasteiger partial charge in [0.15, 0.2) is 5.58 Å². The molecular formula is C19H19IN4O2. The number of fused-ring (bicyclic) bond motifs is 1. The maximum atomic E-state index is 12.8. The topological polar surface area (TPSA) is 62.5 Å². The van der Waals surface area contributed by atoms with Crippen molar-refractivity contribution in [2.75, 3.05) is 31.1 Å². The maximum absolute atomic E-state index is 12.8. The minimum atomic E-state index is 0.0911. The number of nitrogens with zero attached hydrogens (tertiary/aromatic N) is 4. The molecule has 1 aliphatic heterocycles. The maximum Gasteiger partial charge on any atom is 0.300 e. The zero-order chi connectivity index (χ0) is 18.3. The summed E-state index contributed by atoms with van der Waals surface area (Å²) >= 11 is 2.26. The van der Waals surface area contributed by atoms with Crippen LogP contribution < -0.4 is 4.90 Å². The van der Waals surface area contributed by atoms with Crippen LogP contribution in [0.25, 0.3) is 11.2 Å². The van der Waals surface area contributed by atoms with Gasteiger partial charge in [-0.05, 0) is 72.3 Å². The second-order valence-corrected chi connectivity index (χ2v) is 7.75. The average molecular weight is 462 g/mol. The van der Waals surface area contributed by atoms with Gasteiger partial charge in [0.1, 0.15) is 0 Å². The number of carbonyl (C=O) groups is 1. The third-order valence-electron chi connectivity index (χ3n) is 4.64. The van der Waals surface area contributed by atoms with E-state index in [1.165, 1.54) is 0 Å². The number of amides is 1. The summed E-state index contributed by atoms with van der Waals surface area (Å²) in [6.07, 6.45) is 0. The van der Waals surface area contributed by atoms with E-state index in [9.17, 15) is 4.79 Å². The third-order valence-corrected chi connectivity index (χ3v) is 5.31. The van der Waals surface area contributed by atoms with Crippen LogP contribution in [0.1, 0.15) is 21.6 Å². The van der Waals surface area contributed by atoms with E-state index in [-0.39, 0.29) is 5.91 Å². The summed E-state index contributed by atoms with van der Waals surface area (Å²) in [5.74, 6) is 0.0911. The number of halogens is 1. The van der Waals surface area contributed by atoms with Crippen LogP contribution in [-0.2, 0) is 0 Å². The Morgan fingerprint density at radius 3 is 2.58 bits per heavy atom. The number of anilines is 1. The monoisotopic (exact) mass is 462 g/mol. The predicted molar refractivity (Wildman–Crippen MR) is 109 cm³/mol. The van der Waals surface area contributed by atoms with E-state index in [0.29, 0.717) is 43.4 Å². The van der Waals surface area contributed by atoms with Crippen LogP contribution in [0.15, 0.2) is 34.7 Å². The fourth-order valence-electron chi connectivity index (χ4n) is 3.18. The summed E-state index contributed by atoms with van der Waals surface area (Å²) in [5.41, 5.74) is 4.04. The number of carbonyl (C=O) groups excluding carboxylic acids is 1. The Bertz CT molecular complexity index is 977. The largest absolute Gasteiger partial charge is 0.422 e. The van der Waals surface area contributed by atoms with Crippen molar-refractivity contribution in [2.45, 2.75) is 13.8 Å². The third kappa shape index (κ3) is 3.27. The Balaban J connectivity index is 1.47. The molecule has 0 radical (unpaired) electrons. The van der Waals surface area contributed by atoms with Crippen molar-refractivity contribution in [3.63, 3.8) is 0 Å². The van der Waals surface area contributed by atoms with Crippen molar-refractivity contribution in [3.8, 4) is 0 Å². The van der Waals surface area contributed by atoms with Crippen LogP contribution >= 0.6 is 22.6 Å². The summed E-state index contributed by atoms with van der Waals surface area (Å²) in [4.78, 5) is 25.7. The Morgan fingerprint density at radius 2 is 1.85 bits per heavy atom. The molecular weight excluding hydrogens is 443 g/mol. The van der Waals surface area contributed by atoms with Crippen LogP contribution in [0.4, 0.5) is 6.01 Å². The van der Waals surface area contributed by atoms with E-state index in [4.69, 9.17) is 4.42 Å². The molecule has 0 spiro atoms. The lowest BCUT2D eigenvalue weighted by Gasteiger charge is -2.34. The Morgan fingerprint density at radius 1 is 1.08 bits per heavy atom. The van der Waals surface area contributed by atoms with Gasteiger partial charge in [0, 0.05) is 41.0 Å². The molecule has 1 saturated heterocycles. The second kappa shape index (κ2) is 6.86. The van der Waals surface area contributed by atoms with E-state index in [2.05, 4.69) is 37.5 Å². The molecule has 7 heteroatoms. The molecule has 0 aliphatic carbocycles. The number of oxazole rings is 1. The number of hydrogen-bond donors (Lipinski definition) is 0. The number of hydrogen-bond acceptors (Lipinski definition) is 5. The molecule has 0 unspecified atom stereocenters. The van der Waals surface area contributed by atoms with Gasteiger partial charge in [0.2, 0.25) is 5.65 Å². The summed E-state index contributed by atoms with van der Waals surface area (Å²) in [5, 5.41) is 0. The number of rotatable bonds is 2. The van der Waals surface area contributed by atoms with Gasteiger partial charge in [-0.2, -0.15) is 4.98 Å². The molecule has 1 aliphatic rings. The summed E-state index contributed by atoms with van der Waals surface area (Å²) < 4.78 is 6.96. The molecule has 6 nitrogen and oxygen atoms in total. The molecule has 0 N–H and O–H groups in total. The van der Waals surface area contributed by atoms with Gasteiger partial charge < -0.3 is 14.2 Å². The molecule has 4 rings (SSSR count). The first kappa shape index (κ1) is 17.3. The standard InChI is InChI=1S/C19H19IN4O2/c1-12-11-14(20)4-5-15(12)18(25)23-7-9-24(10-8-23)19-22-17-16(26-19)6-3-13(2)21-17/h3-6,11H,7-10H2,1-2H3. The van der Waals surface area contributed by atoms with Crippen molar-refractivity contribution in [3.05, 3.63) is 50.7 Å². The number of aryl methyl sites for hydroxylation is 2. The predicted octanol–water partition coefficient (Wildman–Crippen LogP) is 3.41. The van der Waals surface area contributed by atoms with Crippen LogP contribution in [0.5, 0.6) is 0 Å². The lowest BCUT2D eigenvalue weighted by molar-refractivity contribution is 0.0744. The lowest BCUT2D eigenvalue weighted by atomic mass is 10.1. The molecule has 3 aromatic rings. The molecule has 1 aromatic carbocycles. The first-order valence-corrected chi connectivity index (χ1v) is 9.64. The quantitative estimate of drug-likeness (QED) is 0.547. The van der Waals surface area contributed by atoms with E-state index in [0.717, 1.165) is 20.4 Å². The van der Waals surface area contributed by atoms with Crippen molar-refractivity contribution in [2.24, 2.45) is 0 Å². The number of aromatic nitrogens is 2. The van der Waals surface area contributed by atoms with Crippen molar-refractivity contribution < 1.29 is 9.21 Å². The minimum absolute atomic E-state index is 0.0911. The molecule has 1 fully saturated rings. The molecule has 134 valence electrons. The van der Waals surface area contributed by atoms with E-state index < -0.39 is 0 Å². The molecule has 0 atom stereocenters. The Hall–Kier alpha value is -2.16. The van der Waals surface area contributed by atoms with Gasteiger partial charge in [-0.1, -0.05) is 0 Å². The van der Waals surface area contributed by atoms with Gasteiger partial charge in [-0.3, -0.25) is 4.79 Å². The normalized spacial score (nSPS) is 14.9. The van der Waals surface area contributed by atoms with Crippen LogP contribution in [0.3, 0.4) is 0 Å². The lowest BCUT2D eigenvalue weighted by Crippen LogP contribution is -2.49. The Labute approximate surface area is 165 Å². The van der Waals surface area contributed by atoms with Gasteiger partial charge >= 0.3 is 0 Å². The molecule has 0 saturated carbocycles. The van der Waals surface area contributed by atoms with E-state index in [1.54, 1.807) is 0 Å². The SMILES string of the molecule is Cc1ccc2oc(N3CCN(C(=O)c4ccc(I)cc4C)CC3)nc2n1. The van der Waals surface area contributed by atoms with Crippen LogP contribution in [0, 0.1) is 17.4 Å². The molecule has 1 amide bonds. The highest BCUT2D eigenvalue weighted by Crippen LogP contribution is 2.23. The van der Waals surface area contributed by atoms with Crippen LogP contribution in [0.2, 0.25) is 0 Å². The number of piperazine rings is 1. The average Bonchev–Trinajstić information content (AvgIpc) is 3.04. The van der Waals surface area contributed by atoms with E-state index in [1.807, 2.05) is 49.1 Å². The minimum Gasteiger partial charge on any atom is -0.422 e. The first-order chi connectivity index (χ1) is 12.5. The molecule has 3 heterocycles. The van der Waals surface area contributed by atoms with E-state index >= 15 is 0 Å². The van der Waals surface area contributed by atoms with Crippen molar-refractivity contribution in [1.29, 1.82) is 0 Å². The van der Waals surface area contributed by atoms with Gasteiger partial charge in [0.05, 0.1) is 0 Å². The smallest absolute Gasteiger partial charge is 0.300 e. The van der Waals surface area contributed by atoms with Crippen molar-refractivity contribution >= 4 is 45.7 Å². The fraction of sp³-hybridized carbons (Fsp3) is 0.316. The first-order valence-electron chi connectivity index (χ1n) is 8.56. The highest BCUT2D eigenvalue weighted by Gasteiger charge is 2.25. The number of pyridine rings is 1. The summed E-state index contributed by atoms with van der Waals surface area (Å²) in [6.45, 7) is 6.61. The highest BCUT2D eigenvalue weighted by atomic mass is 127. The Kier molecular flexibility index (Phi) is 4.56. The molecule has 0 bridgehead atoms. The summed E-state index contributed by atoms with van der Waals surface area (Å²) in [7, 11) is 0. The second-order valence-electron chi connectivity index (χ2n) is 6.51. The van der Waals surface area contributed by atoms with Crippen molar-refractivity contribution in [1.82, 2.24) is 14.9 Å². The van der Waals surface area contributed by atoms with Gasteiger partial charge in [-0.25, -0.2) is 4.98 Å². The fourth-order valence-corrected chi connectivity index (χ4v) is 3.82. The highest BCUT2D eigenvalue weighted by molar-refractivity contribution is 14.1. The number of benzene rings is 1.